The SMILES string of the molecule is CNc1cc(N(C)Cc2scnc2C)ccn1. The van der Waals surface area contributed by atoms with E-state index in [0.29, 0.717) is 0 Å². The highest BCUT2D eigenvalue weighted by atomic mass is 32.1. The van der Waals surface area contributed by atoms with Gasteiger partial charge in [-0.3, -0.25) is 0 Å². The van der Waals surface area contributed by atoms with Gasteiger partial charge < -0.3 is 10.2 Å². The van der Waals surface area contributed by atoms with E-state index in [2.05, 4.69) is 27.2 Å². The van der Waals surface area contributed by atoms with Gasteiger partial charge in [-0.25, -0.2) is 9.97 Å². The number of thiazole rings is 1. The van der Waals surface area contributed by atoms with Crippen LogP contribution in [0.3, 0.4) is 0 Å². The van der Waals surface area contributed by atoms with Crippen LogP contribution in [0.1, 0.15) is 10.6 Å². The molecule has 5 heteroatoms. The molecule has 0 radical (unpaired) electrons. The van der Waals surface area contributed by atoms with E-state index >= 15 is 0 Å². The number of anilines is 2. The molecule has 0 unspecified atom stereocenters. The van der Waals surface area contributed by atoms with Crippen LogP contribution < -0.4 is 10.2 Å². The average molecular weight is 248 g/mol. The Labute approximate surface area is 105 Å². The van der Waals surface area contributed by atoms with Gasteiger partial charge in [0, 0.05) is 36.9 Å². The van der Waals surface area contributed by atoms with Crippen molar-refractivity contribution in [2.24, 2.45) is 0 Å². The van der Waals surface area contributed by atoms with Gasteiger partial charge in [-0.05, 0) is 13.0 Å². The van der Waals surface area contributed by atoms with Crippen molar-refractivity contribution in [3.8, 4) is 0 Å². The van der Waals surface area contributed by atoms with Crippen LogP contribution in [-0.4, -0.2) is 24.1 Å². The van der Waals surface area contributed by atoms with E-state index in [0.717, 1.165) is 23.7 Å². The Morgan fingerprint density at radius 1 is 1.41 bits per heavy atom. The van der Waals surface area contributed by atoms with E-state index < -0.39 is 0 Å². The molecule has 2 aromatic rings. The summed E-state index contributed by atoms with van der Waals surface area (Å²) in [6, 6.07) is 4.05. The van der Waals surface area contributed by atoms with Crippen LogP contribution in [0.2, 0.25) is 0 Å². The monoisotopic (exact) mass is 248 g/mol. The molecule has 1 N–H and O–H groups in total. The second-order valence-electron chi connectivity index (χ2n) is 3.87. The maximum atomic E-state index is 4.26. The van der Waals surface area contributed by atoms with E-state index in [9.17, 15) is 0 Å². The smallest absolute Gasteiger partial charge is 0.127 e. The summed E-state index contributed by atoms with van der Waals surface area (Å²) in [6.07, 6.45) is 1.82. The summed E-state index contributed by atoms with van der Waals surface area (Å²) in [5, 5.41) is 3.04. The van der Waals surface area contributed by atoms with Gasteiger partial charge >= 0.3 is 0 Å². The van der Waals surface area contributed by atoms with Gasteiger partial charge in [-0.15, -0.1) is 11.3 Å². The van der Waals surface area contributed by atoms with E-state index in [1.807, 2.05) is 37.8 Å². The minimum atomic E-state index is 0.879. The Bertz CT molecular complexity index is 495. The van der Waals surface area contributed by atoms with Gasteiger partial charge in [0.2, 0.25) is 0 Å². The van der Waals surface area contributed by atoms with Gasteiger partial charge in [-0.1, -0.05) is 0 Å². The molecule has 0 aliphatic carbocycles. The number of pyridine rings is 1. The summed E-state index contributed by atoms with van der Waals surface area (Å²) in [6.45, 7) is 2.93. The van der Waals surface area contributed by atoms with Gasteiger partial charge in [0.1, 0.15) is 5.82 Å². The lowest BCUT2D eigenvalue weighted by molar-refractivity contribution is 0.924. The second-order valence-corrected chi connectivity index (χ2v) is 4.81. The number of nitrogens with zero attached hydrogens (tertiary/aromatic N) is 3. The summed E-state index contributed by atoms with van der Waals surface area (Å²) >= 11 is 1.70. The lowest BCUT2D eigenvalue weighted by atomic mass is 10.3. The van der Waals surface area contributed by atoms with Gasteiger partial charge in [0.05, 0.1) is 17.7 Å². The minimum absolute atomic E-state index is 0.879. The number of aryl methyl sites for hydroxylation is 1. The molecule has 2 aromatic heterocycles. The topological polar surface area (TPSA) is 41.0 Å². The number of aromatic nitrogens is 2. The van der Waals surface area contributed by atoms with Crippen molar-refractivity contribution < 1.29 is 0 Å². The predicted octanol–water partition coefficient (Wildman–Crippen LogP) is 2.52. The molecule has 4 nitrogen and oxygen atoms in total. The Morgan fingerprint density at radius 3 is 2.88 bits per heavy atom. The van der Waals surface area contributed by atoms with Gasteiger partial charge in [0.25, 0.3) is 0 Å². The zero-order chi connectivity index (χ0) is 12.3. The molecule has 0 fully saturated rings. The largest absolute Gasteiger partial charge is 0.373 e. The lowest BCUT2D eigenvalue weighted by Gasteiger charge is -2.19. The maximum absolute atomic E-state index is 4.26. The van der Waals surface area contributed by atoms with Crippen LogP contribution in [-0.2, 0) is 6.54 Å². The molecule has 0 saturated carbocycles. The Morgan fingerprint density at radius 2 is 2.24 bits per heavy atom. The Hall–Kier alpha value is -1.62. The molecular weight excluding hydrogens is 232 g/mol. The summed E-state index contributed by atoms with van der Waals surface area (Å²) in [5.74, 6) is 0.885. The van der Waals surface area contributed by atoms with Gasteiger partial charge in [-0.2, -0.15) is 0 Å². The van der Waals surface area contributed by atoms with E-state index in [1.54, 1.807) is 11.3 Å². The molecular formula is C12H16N4S. The van der Waals surface area contributed by atoms with Crippen molar-refractivity contribution in [3.63, 3.8) is 0 Å². The van der Waals surface area contributed by atoms with Crippen LogP contribution in [0.15, 0.2) is 23.8 Å². The third-order valence-corrected chi connectivity index (χ3v) is 3.59. The summed E-state index contributed by atoms with van der Waals surface area (Å²) in [5.41, 5.74) is 4.16. The van der Waals surface area contributed by atoms with Crippen LogP contribution >= 0.6 is 11.3 Å². The fraction of sp³-hybridized carbons (Fsp3) is 0.333. The van der Waals surface area contributed by atoms with E-state index in [-0.39, 0.29) is 0 Å². The summed E-state index contributed by atoms with van der Waals surface area (Å²) in [7, 11) is 3.95. The molecule has 90 valence electrons. The fourth-order valence-electron chi connectivity index (χ4n) is 1.58. The normalized spacial score (nSPS) is 10.3. The predicted molar refractivity (Wildman–Crippen MR) is 72.7 cm³/mol. The molecule has 0 spiro atoms. The first-order valence-corrected chi connectivity index (χ1v) is 6.32. The highest BCUT2D eigenvalue weighted by Crippen LogP contribution is 2.20. The summed E-state index contributed by atoms with van der Waals surface area (Å²) < 4.78 is 0. The van der Waals surface area contributed by atoms with Crippen molar-refractivity contribution >= 4 is 22.8 Å². The molecule has 2 rings (SSSR count). The van der Waals surface area contributed by atoms with Gasteiger partial charge in [0.15, 0.2) is 0 Å². The quantitative estimate of drug-likeness (QED) is 0.902. The first-order chi connectivity index (χ1) is 8.20. The first-order valence-electron chi connectivity index (χ1n) is 5.44. The van der Waals surface area contributed by atoms with Crippen LogP contribution in [0.25, 0.3) is 0 Å². The zero-order valence-electron chi connectivity index (χ0n) is 10.3. The van der Waals surface area contributed by atoms with Crippen molar-refractivity contribution in [3.05, 3.63) is 34.4 Å². The van der Waals surface area contributed by atoms with Crippen molar-refractivity contribution in [1.82, 2.24) is 9.97 Å². The number of hydrogen-bond donors (Lipinski definition) is 1. The number of nitrogens with one attached hydrogen (secondary N) is 1. The highest BCUT2D eigenvalue weighted by Gasteiger charge is 2.07. The minimum Gasteiger partial charge on any atom is -0.373 e. The van der Waals surface area contributed by atoms with Crippen molar-refractivity contribution in [2.45, 2.75) is 13.5 Å². The van der Waals surface area contributed by atoms with Crippen LogP contribution in [0.5, 0.6) is 0 Å². The molecule has 0 aromatic carbocycles. The average Bonchev–Trinajstić information content (AvgIpc) is 2.75. The molecule has 0 aliphatic rings. The molecule has 0 saturated heterocycles. The molecule has 0 atom stereocenters. The second kappa shape index (κ2) is 5.14. The first kappa shape index (κ1) is 11.9. The number of hydrogen-bond acceptors (Lipinski definition) is 5. The van der Waals surface area contributed by atoms with E-state index in [4.69, 9.17) is 0 Å². The van der Waals surface area contributed by atoms with Crippen molar-refractivity contribution in [1.29, 1.82) is 0 Å². The summed E-state index contributed by atoms with van der Waals surface area (Å²) in [4.78, 5) is 12.0. The number of rotatable bonds is 4. The molecule has 2 heterocycles. The third-order valence-electron chi connectivity index (χ3n) is 2.67. The molecule has 0 aliphatic heterocycles. The standard InChI is InChI=1S/C12H16N4S/c1-9-11(17-8-15-9)7-16(3)10-4-5-14-12(6-10)13-2/h4-6,8H,7H2,1-3H3,(H,13,14). The Kier molecular flexibility index (Phi) is 3.58. The third kappa shape index (κ3) is 2.74. The molecule has 17 heavy (non-hydrogen) atoms. The Balaban J connectivity index is 2.14. The fourth-order valence-corrected chi connectivity index (χ4v) is 2.41. The van der Waals surface area contributed by atoms with Crippen molar-refractivity contribution in [2.75, 3.05) is 24.3 Å². The molecule has 0 amide bonds. The maximum Gasteiger partial charge on any atom is 0.127 e. The van der Waals surface area contributed by atoms with Crippen LogP contribution in [0, 0.1) is 6.92 Å². The highest BCUT2D eigenvalue weighted by molar-refractivity contribution is 7.09. The molecule has 0 bridgehead atoms. The van der Waals surface area contributed by atoms with Crippen LogP contribution in [0.4, 0.5) is 11.5 Å². The zero-order valence-corrected chi connectivity index (χ0v) is 11.1. The van der Waals surface area contributed by atoms with E-state index in [1.165, 1.54) is 4.88 Å². The lowest BCUT2D eigenvalue weighted by Crippen LogP contribution is -2.16.